The summed E-state index contributed by atoms with van der Waals surface area (Å²) in [5.41, 5.74) is 7.33. The third kappa shape index (κ3) is 2.51. The normalized spacial score (nSPS) is 27.9. The molecule has 0 aliphatic carbocycles. The highest BCUT2D eigenvalue weighted by atomic mass is 35.5. The summed E-state index contributed by atoms with van der Waals surface area (Å²) >= 11 is 5.83. The lowest BCUT2D eigenvalue weighted by molar-refractivity contribution is 0.118. The van der Waals surface area contributed by atoms with Gasteiger partial charge in [0.2, 0.25) is 0 Å². The van der Waals surface area contributed by atoms with Crippen molar-refractivity contribution < 1.29 is 4.74 Å². The smallest absolute Gasteiger partial charge is 0.0551 e. The van der Waals surface area contributed by atoms with Crippen LogP contribution in [-0.2, 0) is 4.74 Å². The highest BCUT2D eigenvalue weighted by molar-refractivity contribution is 6.30. The molecular weight excluding hydrogens is 210 g/mol. The van der Waals surface area contributed by atoms with E-state index in [9.17, 15) is 0 Å². The first-order valence-corrected chi connectivity index (χ1v) is 5.67. The Hall–Kier alpha value is -0.570. The summed E-state index contributed by atoms with van der Waals surface area (Å²) in [6, 6.07) is 7.82. The maximum absolute atomic E-state index is 6.19. The number of hydrogen-bond acceptors (Lipinski definition) is 2. The molecule has 15 heavy (non-hydrogen) atoms. The van der Waals surface area contributed by atoms with Crippen LogP contribution in [-0.4, -0.2) is 12.7 Å². The summed E-state index contributed by atoms with van der Waals surface area (Å²) in [6.07, 6.45) is 1.39. The van der Waals surface area contributed by atoms with E-state index in [0.717, 1.165) is 23.6 Å². The van der Waals surface area contributed by atoms with Crippen molar-refractivity contribution in [2.45, 2.75) is 25.5 Å². The second kappa shape index (κ2) is 4.52. The Morgan fingerprint density at radius 2 is 2.07 bits per heavy atom. The molecule has 0 amide bonds. The summed E-state index contributed by atoms with van der Waals surface area (Å²) in [7, 11) is 0. The summed E-state index contributed by atoms with van der Waals surface area (Å²) in [5.74, 6) is 0.432. The third-order valence-corrected chi connectivity index (χ3v) is 3.24. The van der Waals surface area contributed by atoms with E-state index in [4.69, 9.17) is 22.1 Å². The van der Waals surface area contributed by atoms with Crippen molar-refractivity contribution in [1.82, 2.24) is 0 Å². The molecule has 1 aromatic carbocycles. The van der Waals surface area contributed by atoms with Crippen molar-refractivity contribution in [1.29, 1.82) is 0 Å². The van der Waals surface area contributed by atoms with Crippen molar-refractivity contribution in [2.75, 3.05) is 6.61 Å². The van der Waals surface area contributed by atoms with E-state index in [1.807, 2.05) is 24.3 Å². The van der Waals surface area contributed by atoms with Crippen LogP contribution < -0.4 is 5.73 Å². The van der Waals surface area contributed by atoms with E-state index in [2.05, 4.69) is 6.92 Å². The van der Waals surface area contributed by atoms with E-state index >= 15 is 0 Å². The van der Waals surface area contributed by atoms with E-state index < -0.39 is 0 Å². The Morgan fingerprint density at radius 3 is 2.60 bits per heavy atom. The monoisotopic (exact) mass is 225 g/mol. The lowest BCUT2D eigenvalue weighted by Gasteiger charge is -2.18. The average Bonchev–Trinajstić information content (AvgIpc) is 2.65. The molecule has 0 spiro atoms. The fraction of sp³-hybridized carbons (Fsp3) is 0.500. The lowest BCUT2D eigenvalue weighted by atomic mass is 9.92. The highest BCUT2D eigenvalue weighted by Gasteiger charge is 2.28. The van der Waals surface area contributed by atoms with Gasteiger partial charge in [-0.05, 0) is 31.0 Å². The van der Waals surface area contributed by atoms with Gasteiger partial charge in [0.25, 0.3) is 0 Å². The van der Waals surface area contributed by atoms with Gasteiger partial charge in [-0.1, -0.05) is 23.7 Å². The second-order valence-corrected chi connectivity index (χ2v) is 4.65. The first kappa shape index (κ1) is 10.9. The minimum absolute atomic E-state index is 0.0622. The molecule has 1 saturated heterocycles. The van der Waals surface area contributed by atoms with Crippen LogP contribution in [0, 0.1) is 5.92 Å². The van der Waals surface area contributed by atoms with Crippen LogP contribution in [0.4, 0.5) is 0 Å². The molecule has 3 heteroatoms. The van der Waals surface area contributed by atoms with Crippen LogP contribution in [0.15, 0.2) is 24.3 Å². The molecule has 1 aliphatic heterocycles. The van der Waals surface area contributed by atoms with Gasteiger partial charge in [0.15, 0.2) is 0 Å². The van der Waals surface area contributed by atoms with Gasteiger partial charge in [0.05, 0.1) is 12.7 Å². The maximum atomic E-state index is 6.19. The molecule has 0 saturated carbocycles. The fourth-order valence-electron chi connectivity index (χ4n) is 2.06. The summed E-state index contributed by atoms with van der Waals surface area (Å²) in [6.45, 7) is 2.86. The molecule has 1 aliphatic rings. The van der Waals surface area contributed by atoms with Gasteiger partial charge < -0.3 is 10.5 Å². The topological polar surface area (TPSA) is 35.2 Å². The van der Waals surface area contributed by atoms with Crippen molar-refractivity contribution in [3.8, 4) is 0 Å². The van der Waals surface area contributed by atoms with Gasteiger partial charge in [-0.25, -0.2) is 0 Å². The molecule has 3 atom stereocenters. The van der Waals surface area contributed by atoms with Crippen LogP contribution in [0.5, 0.6) is 0 Å². The van der Waals surface area contributed by atoms with Crippen molar-refractivity contribution >= 4 is 11.6 Å². The van der Waals surface area contributed by atoms with Gasteiger partial charge in [0.1, 0.15) is 0 Å². The second-order valence-electron chi connectivity index (χ2n) is 4.22. The van der Waals surface area contributed by atoms with Crippen molar-refractivity contribution in [3.05, 3.63) is 34.9 Å². The number of ether oxygens (including phenoxy) is 1. The molecule has 2 N–H and O–H groups in total. The maximum Gasteiger partial charge on any atom is 0.0551 e. The van der Waals surface area contributed by atoms with Gasteiger partial charge in [-0.3, -0.25) is 0 Å². The fourth-order valence-corrected chi connectivity index (χ4v) is 2.18. The number of hydrogen-bond donors (Lipinski definition) is 1. The van der Waals surface area contributed by atoms with Crippen LogP contribution in [0.2, 0.25) is 5.02 Å². The molecule has 0 radical (unpaired) electrons. The zero-order valence-corrected chi connectivity index (χ0v) is 9.58. The Bertz CT molecular complexity index is 325. The van der Waals surface area contributed by atoms with Gasteiger partial charge in [-0.15, -0.1) is 0 Å². The first-order chi connectivity index (χ1) is 7.16. The standard InChI is InChI=1S/C12H16ClNO/c1-8-6-10(7-15-8)12(14)9-2-4-11(13)5-3-9/h2-5,8,10,12H,6-7,14H2,1H3. The molecule has 1 fully saturated rings. The third-order valence-electron chi connectivity index (χ3n) is 2.99. The minimum Gasteiger partial charge on any atom is -0.378 e. The van der Waals surface area contributed by atoms with Crippen molar-refractivity contribution in [3.63, 3.8) is 0 Å². The molecule has 2 nitrogen and oxygen atoms in total. The van der Waals surface area contributed by atoms with Crippen LogP contribution in [0.1, 0.15) is 24.9 Å². The Balaban J connectivity index is 2.07. The number of benzene rings is 1. The Labute approximate surface area is 95.4 Å². The van der Waals surface area contributed by atoms with E-state index in [0.29, 0.717) is 12.0 Å². The summed E-state index contributed by atoms with van der Waals surface area (Å²) in [5, 5.41) is 0.752. The van der Waals surface area contributed by atoms with Crippen LogP contribution in [0.3, 0.4) is 0 Å². The van der Waals surface area contributed by atoms with E-state index in [-0.39, 0.29) is 6.04 Å². The average molecular weight is 226 g/mol. The van der Waals surface area contributed by atoms with Gasteiger partial charge in [-0.2, -0.15) is 0 Å². The minimum atomic E-state index is 0.0622. The zero-order chi connectivity index (χ0) is 10.8. The number of nitrogens with two attached hydrogens (primary N) is 1. The molecular formula is C12H16ClNO. The summed E-state index contributed by atoms with van der Waals surface area (Å²) < 4.78 is 5.53. The molecule has 1 heterocycles. The lowest BCUT2D eigenvalue weighted by Crippen LogP contribution is -2.21. The molecule has 0 bridgehead atoms. The van der Waals surface area contributed by atoms with E-state index in [1.165, 1.54) is 0 Å². The molecule has 0 aromatic heterocycles. The van der Waals surface area contributed by atoms with Gasteiger partial charge >= 0.3 is 0 Å². The molecule has 3 unspecified atom stereocenters. The summed E-state index contributed by atoms with van der Waals surface area (Å²) in [4.78, 5) is 0. The molecule has 82 valence electrons. The highest BCUT2D eigenvalue weighted by Crippen LogP contribution is 2.30. The van der Waals surface area contributed by atoms with Crippen LogP contribution in [0.25, 0.3) is 0 Å². The van der Waals surface area contributed by atoms with Crippen LogP contribution >= 0.6 is 11.6 Å². The predicted molar refractivity (Wildman–Crippen MR) is 61.9 cm³/mol. The number of halogens is 1. The predicted octanol–water partition coefficient (Wildman–Crippen LogP) is 2.76. The molecule has 1 aromatic rings. The first-order valence-electron chi connectivity index (χ1n) is 5.29. The number of rotatable bonds is 2. The quantitative estimate of drug-likeness (QED) is 0.840. The zero-order valence-electron chi connectivity index (χ0n) is 8.82. The van der Waals surface area contributed by atoms with Gasteiger partial charge in [0, 0.05) is 17.0 Å². The Kier molecular flexibility index (Phi) is 3.29. The SMILES string of the molecule is CC1CC(C(N)c2ccc(Cl)cc2)CO1. The largest absolute Gasteiger partial charge is 0.378 e. The molecule has 2 rings (SSSR count). The van der Waals surface area contributed by atoms with E-state index in [1.54, 1.807) is 0 Å². The van der Waals surface area contributed by atoms with Crippen molar-refractivity contribution in [2.24, 2.45) is 11.7 Å². The Morgan fingerprint density at radius 1 is 1.40 bits per heavy atom.